The minimum absolute atomic E-state index is 0.831. The molecule has 0 aliphatic heterocycles. The summed E-state index contributed by atoms with van der Waals surface area (Å²) in [6.07, 6.45) is 3.74. The Morgan fingerprint density at radius 2 is 2.00 bits per heavy atom. The van der Waals surface area contributed by atoms with Crippen LogP contribution in [0.2, 0.25) is 0 Å². The summed E-state index contributed by atoms with van der Waals surface area (Å²) in [7, 11) is 0. The van der Waals surface area contributed by atoms with Crippen LogP contribution in [0.1, 0.15) is 19.2 Å². The topological polar surface area (TPSA) is 38.7 Å². The Kier molecular flexibility index (Phi) is 3.74. The van der Waals surface area contributed by atoms with Crippen LogP contribution in [-0.2, 0) is 6.42 Å². The highest BCUT2D eigenvalue weighted by molar-refractivity contribution is 9.10. The zero-order chi connectivity index (χ0) is 13.9. The lowest BCUT2D eigenvalue weighted by molar-refractivity contribution is 0.831. The average Bonchev–Trinajstić information content (AvgIpc) is 2.46. The van der Waals surface area contributed by atoms with Crippen molar-refractivity contribution < 1.29 is 0 Å². The fourth-order valence-electron chi connectivity index (χ4n) is 2.18. The molecule has 0 radical (unpaired) electrons. The molecule has 3 rings (SSSR count). The highest BCUT2D eigenvalue weighted by Gasteiger charge is 2.06. The third kappa shape index (κ3) is 2.70. The van der Waals surface area contributed by atoms with E-state index in [0.29, 0.717) is 0 Å². The largest absolute Gasteiger partial charge is 0.256 e. The lowest BCUT2D eigenvalue weighted by atomic mass is 10.1. The van der Waals surface area contributed by atoms with Crippen LogP contribution in [0.4, 0.5) is 0 Å². The van der Waals surface area contributed by atoms with Crippen molar-refractivity contribution in [3.05, 3.63) is 53.0 Å². The molecule has 0 saturated carbocycles. The van der Waals surface area contributed by atoms with Crippen molar-refractivity contribution in [2.45, 2.75) is 19.8 Å². The fraction of sp³-hybridized carbons (Fsp3) is 0.188. The summed E-state index contributed by atoms with van der Waals surface area (Å²) in [5.74, 6) is 0.878. The predicted octanol–water partition coefficient (Wildman–Crippen LogP) is 4.41. The Morgan fingerprint density at radius 1 is 1.10 bits per heavy atom. The Hall–Kier alpha value is -1.81. The van der Waals surface area contributed by atoms with E-state index in [0.717, 1.165) is 45.4 Å². The van der Waals surface area contributed by atoms with E-state index in [1.165, 1.54) is 0 Å². The molecule has 3 nitrogen and oxygen atoms in total. The molecule has 0 atom stereocenters. The van der Waals surface area contributed by atoms with Crippen LogP contribution in [0, 0.1) is 0 Å². The Balaban J connectivity index is 2.10. The van der Waals surface area contributed by atoms with Crippen LogP contribution in [-0.4, -0.2) is 15.0 Å². The minimum atomic E-state index is 0.831. The average molecular weight is 328 g/mol. The summed E-state index contributed by atoms with van der Waals surface area (Å²) < 4.78 is 0.831. The molecular formula is C16H14BrN3. The summed E-state index contributed by atoms with van der Waals surface area (Å²) in [4.78, 5) is 13.4. The standard InChI is InChI=1S/C16H14BrN3/c1-2-4-16-19-14(10-15(17)20-16)12-6-7-13-11(9-12)5-3-8-18-13/h3,5-10H,2,4H2,1H3. The molecule has 0 unspecified atom stereocenters. The zero-order valence-electron chi connectivity index (χ0n) is 11.2. The molecule has 2 heterocycles. The highest BCUT2D eigenvalue weighted by Crippen LogP contribution is 2.24. The molecule has 0 spiro atoms. The van der Waals surface area contributed by atoms with Gasteiger partial charge < -0.3 is 0 Å². The van der Waals surface area contributed by atoms with Gasteiger partial charge in [-0.2, -0.15) is 0 Å². The van der Waals surface area contributed by atoms with Crippen LogP contribution < -0.4 is 0 Å². The normalized spacial score (nSPS) is 10.9. The van der Waals surface area contributed by atoms with Crippen molar-refractivity contribution in [3.63, 3.8) is 0 Å². The molecule has 0 bridgehead atoms. The number of aryl methyl sites for hydroxylation is 1. The van der Waals surface area contributed by atoms with Crippen LogP contribution in [0.25, 0.3) is 22.2 Å². The van der Waals surface area contributed by atoms with Crippen molar-refractivity contribution in [2.75, 3.05) is 0 Å². The number of benzene rings is 1. The summed E-state index contributed by atoms with van der Waals surface area (Å²) in [5.41, 5.74) is 3.03. The Bertz CT molecular complexity index is 756. The number of halogens is 1. The Morgan fingerprint density at radius 3 is 2.85 bits per heavy atom. The van der Waals surface area contributed by atoms with Crippen molar-refractivity contribution >= 4 is 26.8 Å². The molecule has 1 aromatic carbocycles. The first-order chi connectivity index (χ1) is 9.76. The van der Waals surface area contributed by atoms with Crippen LogP contribution in [0.3, 0.4) is 0 Å². The molecular weight excluding hydrogens is 314 g/mol. The third-order valence-corrected chi connectivity index (χ3v) is 3.52. The van der Waals surface area contributed by atoms with Gasteiger partial charge in [0.1, 0.15) is 10.4 Å². The lowest BCUT2D eigenvalue weighted by Crippen LogP contribution is -1.97. The second kappa shape index (κ2) is 5.67. The van der Waals surface area contributed by atoms with Crippen LogP contribution >= 0.6 is 15.9 Å². The number of hydrogen-bond acceptors (Lipinski definition) is 3. The van der Waals surface area contributed by atoms with Gasteiger partial charge in [0.25, 0.3) is 0 Å². The van der Waals surface area contributed by atoms with E-state index in [9.17, 15) is 0 Å². The zero-order valence-corrected chi connectivity index (χ0v) is 12.8. The number of pyridine rings is 1. The van der Waals surface area contributed by atoms with Crippen LogP contribution in [0.5, 0.6) is 0 Å². The fourth-order valence-corrected chi connectivity index (χ4v) is 2.60. The van der Waals surface area contributed by atoms with Gasteiger partial charge in [-0.25, -0.2) is 9.97 Å². The maximum absolute atomic E-state index is 4.64. The number of fused-ring (bicyclic) bond motifs is 1. The van der Waals surface area contributed by atoms with Gasteiger partial charge in [-0.1, -0.05) is 19.1 Å². The number of rotatable bonds is 3. The van der Waals surface area contributed by atoms with Crippen LogP contribution in [0.15, 0.2) is 47.2 Å². The second-order valence-corrected chi connectivity index (χ2v) is 5.47. The van der Waals surface area contributed by atoms with Crippen molar-refractivity contribution in [3.8, 4) is 11.3 Å². The van der Waals surface area contributed by atoms with Gasteiger partial charge in [0, 0.05) is 23.6 Å². The summed E-state index contributed by atoms with van der Waals surface area (Å²) >= 11 is 3.47. The van der Waals surface area contributed by atoms with Gasteiger partial charge >= 0.3 is 0 Å². The van der Waals surface area contributed by atoms with Crippen molar-refractivity contribution in [2.24, 2.45) is 0 Å². The smallest absolute Gasteiger partial charge is 0.130 e. The number of aromatic nitrogens is 3. The number of nitrogens with zero attached hydrogens (tertiary/aromatic N) is 3. The minimum Gasteiger partial charge on any atom is -0.256 e. The summed E-state index contributed by atoms with van der Waals surface area (Å²) in [6.45, 7) is 2.13. The highest BCUT2D eigenvalue weighted by atomic mass is 79.9. The van der Waals surface area contributed by atoms with Crippen molar-refractivity contribution in [1.29, 1.82) is 0 Å². The molecule has 20 heavy (non-hydrogen) atoms. The van der Waals surface area contributed by atoms with E-state index >= 15 is 0 Å². The SMILES string of the molecule is CCCc1nc(Br)cc(-c2ccc3ncccc3c2)n1. The van der Waals surface area contributed by atoms with Gasteiger partial charge in [-0.05, 0) is 46.6 Å². The molecule has 2 aromatic heterocycles. The van der Waals surface area contributed by atoms with Gasteiger partial charge in [0.05, 0.1) is 11.2 Å². The van der Waals surface area contributed by atoms with E-state index < -0.39 is 0 Å². The summed E-state index contributed by atoms with van der Waals surface area (Å²) in [6, 6.07) is 12.2. The van der Waals surface area contributed by atoms with E-state index in [4.69, 9.17) is 0 Å². The monoisotopic (exact) mass is 327 g/mol. The maximum atomic E-state index is 4.64. The predicted molar refractivity (Wildman–Crippen MR) is 84.5 cm³/mol. The first-order valence-corrected chi connectivity index (χ1v) is 7.44. The third-order valence-electron chi connectivity index (χ3n) is 3.11. The van der Waals surface area contributed by atoms with Gasteiger partial charge in [0.15, 0.2) is 0 Å². The summed E-state index contributed by atoms with van der Waals surface area (Å²) in [5, 5.41) is 1.12. The Labute approximate surface area is 126 Å². The molecule has 0 amide bonds. The van der Waals surface area contributed by atoms with Gasteiger partial charge in [-0.3, -0.25) is 4.98 Å². The molecule has 0 fully saturated rings. The first-order valence-electron chi connectivity index (χ1n) is 6.65. The van der Waals surface area contributed by atoms with E-state index in [-0.39, 0.29) is 0 Å². The molecule has 4 heteroatoms. The lowest BCUT2D eigenvalue weighted by Gasteiger charge is -2.06. The van der Waals surface area contributed by atoms with Gasteiger partial charge in [0.2, 0.25) is 0 Å². The van der Waals surface area contributed by atoms with E-state index in [2.05, 4.69) is 56.0 Å². The molecule has 0 aliphatic rings. The number of hydrogen-bond donors (Lipinski definition) is 0. The van der Waals surface area contributed by atoms with E-state index in [1.807, 2.05) is 24.4 Å². The first kappa shape index (κ1) is 13.2. The molecule has 0 aliphatic carbocycles. The second-order valence-electron chi connectivity index (χ2n) is 4.65. The molecule has 100 valence electrons. The molecule has 0 N–H and O–H groups in total. The van der Waals surface area contributed by atoms with Gasteiger partial charge in [-0.15, -0.1) is 0 Å². The van der Waals surface area contributed by atoms with Crippen molar-refractivity contribution in [1.82, 2.24) is 15.0 Å². The quantitative estimate of drug-likeness (QED) is 0.669. The molecule has 3 aromatic rings. The molecule has 0 saturated heterocycles. The maximum Gasteiger partial charge on any atom is 0.130 e. The van der Waals surface area contributed by atoms with E-state index in [1.54, 1.807) is 0 Å².